The van der Waals surface area contributed by atoms with Gasteiger partial charge in [-0.05, 0) is 20.0 Å². The van der Waals surface area contributed by atoms with Gasteiger partial charge < -0.3 is 14.7 Å². The van der Waals surface area contributed by atoms with E-state index >= 15 is 0 Å². The van der Waals surface area contributed by atoms with Crippen LogP contribution in [0.2, 0.25) is 0 Å². The van der Waals surface area contributed by atoms with Gasteiger partial charge >= 0.3 is 0 Å². The Morgan fingerprint density at radius 3 is 2.70 bits per heavy atom. The molecule has 2 aliphatic heterocycles. The largest absolute Gasteiger partial charge is 0.353 e. The van der Waals surface area contributed by atoms with Crippen LogP contribution in [0.25, 0.3) is 0 Å². The summed E-state index contributed by atoms with van der Waals surface area (Å²) >= 11 is 0. The van der Waals surface area contributed by atoms with Gasteiger partial charge in [0.25, 0.3) is 5.56 Å². The smallest absolute Gasteiger partial charge is 0.254 e. The van der Waals surface area contributed by atoms with Gasteiger partial charge in [-0.1, -0.05) is 0 Å². The molecule has 0 radical (unpaired) electrons. The van der Waals surface area contributed by atoms with E-state index in [0.29, 0.717) is 6.04 Å². The van der Waals surface area contributed by atoms with Gasteiger partial charge in [-0.25, -0.2) is 9.98 Å². The molecule has 0 amide bonds. The van der Waals surface area contributed by atoms with Gasteiger partial charge in [0.2, 0.25) is 5.95 Å². The summed E-state index contributed by atoms with van der Waals surface area (Å²) in [7, 11) is 5.86. The van der Waals surface area contributed by atoms with E-state index in [1.54, 1.807) is 30.2 Å². The van der Waals surface area contributed by atoms with E-state index in [9.17, 15) is 4.79 Å². The van der Waals surface area contributed by atoms with Crippen molar-refractivity contribution in [1.82, 2.24) is 19.4 Å². The number of rotatable bonds is 2. The summed E-state index contributed by atoms with van der Waals surface area (Å²) in [6.45, 7) is 4.99. The minimum absolute atomic E-state index is 0.0274. The highest BCUT2D eigenvalue weighted by Gasteiger charge is 2.26. The molecule has 0 N–H and O–H groups in total. The SMILES string of the molecule is CC1CN(C)CCN1c1nc(C2C=CN=CN2C)cc(=O)n1C. The van der Waals surface area contributed by atoms with Crippen molar-refractivity contribution in [3.8, 4) is 0 Å². The zero-order valence-corrected chi connectivity index (χ0v) is 14.2. The van der Waals surface area contributed by atoms with E-state index in [2.05, 4.69) is 28.8 Å². The Bertz CT molecular complexity index is 694. The first-order chi connectivity index (χ1) is 11.0. The molecule has 2 unspecified atom stereocenters. The van der Waals surface area contributed by atoms with E-state index in [0.717, 1.165) is 31.3 Å². The molecule has 2 atom stereocenters. The number of aliphatic imine (C=N–C) groups is 1. The Balaban J connectivity index is 1.99. The topological polar surface area (TPSA) is 57.0 Å². The highest BCUT2D eigenvalue weighted by atomic mass is 16.1. The van der Waals surface area contributed by atoms with Crippen molar-refractivity contribution >= 4 is 12.3 Å². The first-order valence-electron chi connectivity index (χ1n) is 7.92. The molecule has 2 aliphatic rings. The lowest BCUT2D eigenvalue weighted by Crippen LogP contribution is -2.52. The molecule has 0 aliphatic carbocycles. The molecule has 0 saturated carbocycles. The highest BCUT2D eigenvalue weighted by molar-refractivity contribution is 5.58. The van der Waals surface area contributed by atoms with Gasteiger partial charge in [0, 0.05) is 52.0 Å². The second-order valence-electron chi connectivity index (χ2n) is 6.40. The van der Waals surface area contributed by atoms with Gasteiger partial charge in [-0.2, -0.15) is 0 Å². The second kappa shape index (κ2) is 6.16. The number of hydrogen-bond acceptors (Lipinski definition) is 6. The fourth-order valence-corrected chi connectivity index (χ4v) is 3.18. The Morgan fingerprint density at radius 2 is 2.00 bits per heavy atom. The zero-order chi connectivity index (χ0) is 16.6. The Kier molecular flexibility index (Phi) is 4.21. The molecule has 3 heterocycles. The van der Waals surface area contributed by atoms with E-state index in [1.807, 2.05) is 18.0 Å². The maximum absolute atomic E-state index is 12.4. The minimum atomic E-state index is -0.0529. The lowest BCUT2D eigenvalue weighted by molar-refractivity contribution is 0.272. The number of aromatic nitrogens is 2. The third kappa shape index (κ3) is 3.01. The van der Waals surface area contributed by atoms with Gasteiger partial charge in [0.05, 0.1) is 18.1 Å². The number of piperazine rings is 1. The summed E-state index contributed by atoms with van der Waals surface area (Å²) in [4.78, 5) is 27.8. The van der Waals surface area contributed by atoms with Crippen LogP contribution in [-0.2, 0) is 7.05 Å². The van der Waals surface area contributed by atoms with Crippen molar-refractivity contribution in [3.05, 3.63) is 34.4 Å². The van der Waals surface area contributed by atoms with Crippen LogP contribution in [0, 0.1) is 0 Å². The summed E-state index contributed by atoms with van der Waals surface area (Å²) in [6.07, 6.45) is 5.46. The predicted octanol–water partition coefficient (Wildman–Crippen LogP) is 0.449. The Hall–Kier alpha value is -2.15. The number of nitrogens with zero attached hydrogens (tertiary/aromatic N) is 6. The lowest BCUT2D eigenvalue weighted by atomic mass is 10.1. The average Bonchev–Trinajstić information content (AvgIpc) is 2.51. The fourth-order valence-electron chi connectivity index (χ4n) is 3.18. The summed E-state index contributed by atoms with van der Waals surface area (Å²) < 4.78 is 1.64. The van der Waals surface area contributed by atoms with Crippen molar-refractivity contribution in [2.45, 2.75) is 19.0 Å². The molecule has 1 aromatic heterocycles. The van der Waals surface area contributed by atoms with Crippen LogP contribution < -0.4 is 10.5 Å². The maximum atomic E-state index is 12.4. The van der Waals surface area contributed by atoms with E-state index in [-0.39, 0.29) is 11.6 Å². The number of hydrogen-bond donors (Lipinski definition) is 0. The molecule has 7 heteroatoms. The Morgan fingerprint density at radius 1 is 1.22 bits per heavy atom. The van der Waals surface area contributed by atoms with Gasteiger partial charge in [0.15, 0.2) is 0 Å². The van der Waals surface area contributed by atoms with Crippen LogP contribution in [-0.4, -0.2) is 65.5 Å². The average molecular weight is 316 g/mol. The van der Waals surface area contributed by atoms with Crippen molar-refractivity contribution in [3.63, 3.8) is 0 Å². The second-order valence-corrected chi connectivity index (χ2v) is 6.40. The number of likely N-dealkylation sites (N-methyl/N-ethyl adjacent to an activating group) is 2. The van der Waals surface area contributed by atoms with E-state index < -0.39 is 0 Å². The van der Waals surface area contributed by atoms with E-state index in [4.69, 9.17) is 4.98 Å². The molecule has 124 valence electrons. The summed E-state index contributed by atoms with van der Waals surface area (Å²) in [5, 5.41) is 0. The molecule has 3 rings (SSSR count). The monoisotopic (exact) mass is 316 g/mol. The van der Waals surface area contributed by atoms with Crippen LogP contribution in [0.1, 0.15) is 18.7 Å². The molecule has 0 aromatic carbocycles. The molecule has 1 aromatic rings. The maximum Gasteiger partial charge on any atom is 0.254 e. The van der Waals surface area contributed by atoms with Crippen molar-refractivity contribution in [2.75, 3.05) is 38.6 Å². The first-order valence-corrected chi connectivity index (χ1v) is 7.92. The van der Waals surface area contributed by atoms with Crippen molar-refractivity contribution in [1.29, 1.82) is 0 Å². The minimum Gasteiger partial charge on any atom is -0.353 e. The summed E-state index contributed by atoms with van der Waals surface area (Å²) in [5.74, 6) is 0.748. The lowest BCUT2D eigenvalue weighted by Gasteiger charge is -2.39. The quantitative estimate of drug-likeness (QED) is 0.793. The molecule has 7 nitrogen and oxygen atoms in total. The van der Waals surface area contributed by atoms with Crippen LogP contribution in [0.15, 0.2) is 28.1 Å². The molecule has 0 spiro atoms. The van der Waals surface area contributed by atoms with Crippen molar-refractivity contribution in [2.24, 2.45) is 12.0 Å². The standard InChI is InChI=1S/C16H24N6O/c1-12-10-19(2)7-8-22(12)16-18-13(9-15(23)21(16)4)14-5-6-17-11-20(14)3/h5-6,9,11-12,14H,7-8,10H2,1-4H3. The summed E-state index contributed by atoms with van der Waals surface area (Å²) in [6, 6.07) is 1.89. The summed E-state index contributed by atoms with van der Waals surface area (Å²) in [5.41, 5.74) is 0.736. The van der Waals surface area contributed by atoms with Crippen LogP contribution in [0.5, 0.6) is 0 Å². The fraction of sp³-hybridized carbons (Fsp3) is 0.562. The van der Waals surface area contributed by atoms with Gasteiger partial charge in [-0.15, -0.1) is 0 Å². The van der Waals surface area contributed by atoms with Crippen LogP contribution in [0.3, 0.4) is 0 Å². The van der Waals surface area contributed by atoms with Gasteiger partial charge in [0.1, 0.15) is 0 Å². The molecular weight excluding hydrogens is 292 g/mol. The molecule has 0 bridgehead atoms. The highest BCUT2D eigenvalue weighted by Crippen LogP contribution is 2.23. The van der Waals surface area contributed by atoms with Crippen molar-refractivity contribution < 1.29 is 0 Å². The predicted molar refractivity (Wildman–Crippen MR) is 91.9 cm³/mol. The van der Waals surface area contributed by atoms with E-state index in [1.165, 1.54) is 0 Å². The molecular formula is C16H24N6O. The zero-order valence-electron chi connectivity index (χ0n) is 14.2. The van der Waals surface area contributed by atoms with Gasteiger partial charge in [-0.3, -0.25) is 9.36 Å². The molecule has 1 fully saturated rings. The van der Waals surface area contributed by atoms with Crippen LogP contribution in [0.4, 0.5) is 5.95 Å². The Labute approximate surface area is 136 Å². The third-order valence-corrected chi connectivity index (χ3v) is 4.56. The molecule has 23 heavy (non-hydrogen) atoms. The first kappa shape index (κ1) is 15.7. The third-order valence-electron chi connectivity index (χ3n) is 4.56. The number of anilines is 1. The molecule has 1 saturated heterocycles. The van der Waals surface area contributed by atoms with Crippen LogP contribution >= 0.6 is 0 Å². The normalized spacial score (nSPS) is 25.2.